The van der Waals surface area contributed by atoms with Gasteiger partial charge in [-0.15, -0.1) is 0 Å². The topological polar surface area (TPSA) is 72.5 Å². The van der Waals surface area contributed by atoms with Crippen LogP contribution in [0.3, 0.4) is 0 Å². The molecule has 0 aliphatic heterocycles. The van der Waals surface area contributed by atoms with E-state index in [-0.39, 0.29) is 10.8 Å². The summed E-state index contributed by atoms with van der Waals surface area (Å²) in [5.41, 5.74) is 0. The number of methoxy groups -OCH3 is 1. The molecular formula is C13H19NO4S. The second kappa shape index (κ2) is 6.68. The summed E-state index contributed by atoms with van der Waals surface area (Å²) in [4.78, 5) is 11.8. The highest BCUT2D eigenvalue weighted by Gasteiger charge is 2.30. The molecule has 19 heavy (non-hydrogen) atoms. The Morgan fingerprint density at radius 2 is 1.89 bits per heavy atom. The van der Waals surface area contributed by atoms with Crippen molar-refractivity contribution in [3.8, 4) is 0 Å². The van der Waals surface area contributed by atoms with Gasteiger partial charge in [0.1, 0.15) is 6.04 Å². The number of nitrogens with one attached hydrogen (secondary N) is 1. The number of carbonyl (C=O) groups excluding carboxylic acids is 1. The zero-order chi connectivity index (χ0) is 14.5. The molecule has 0 heterocycles. The fourth-order valence-electron chi connectivity index (χ4n) is 1.59. The van der Waals surface area contributed by atoms with Gasteiger partial charge in [-0.1, -0.05) is 38.5 Å². The van der Waals surface area contributed by atoms with Crippen LogP contribution in [0.1, 0.15) is 20.3 Å². The summed E-state index contributed by atoms with van der Waals surface area (Å²) in [5, 5.41) is 0. The summed E-state index contributed by atoms with van der Waals surface area (Å²) in [6, 6.07) is 7.07. The van der Waals surface area contributed by atoms with Crippen molar-refractivity contribution in [2.75, 3.05) is 7.11 Å². The van der Waals surface area contributed by atoms with Crippen molar-refractivity contribution in [1.82, 2.24) is 4.72 Å². The summed E-state index contributed by atoms with van der Waals surface area (Å²) in [6.45, 7) is 3.69. The Morgan fingerprint density at radius 3 is 2.37 bits per heavy atom. The number of sulfonamides is 1. The lowest BCUT2D eigenvalue weighted by molar-refractivity contribution is -0.143. The first kappa shape index (κ1) is 15.7. The molecule has 1 rings (SSSR count). The van der Waals surface area contributed by atoms with Gasteiger partial charge in [0.05, 0.1) is 12.0 Å². The highest BCUT2D eigenvalue weighted by atomic mass is 32.2. The third-order valence-corrected chi connectivity index (χ3v) is 4.46. The van der Waals surface area contributed by atoms with E-state index < -0.39 is 22.0 Å². The molecule has 6 heteroatoms. The standard InChI is InChI=1S/C13H19NO4S/c1-4-10(2)12(13(15)18-3)14-19(16,17)11-8-6-5-7-9-11/h5-10,12,14H,4H2,1-3H3/t10-,12-/m0/s1. The molecule has 0 fully saturated rings. The highest BCUT2D eigenvalue weighted by molar-refractivity contribution is 7.89. The molecule has 0 aliphatic carbocycles. The summed E-state index contributed by atoms with van der Waals surface area (Å²) >= 11 is 0. The Labute approximate surface area is 114 Å². The molecule has 106 valence electrons. The number of ether oxygens (including phenoxy) is 1. The minimum absolute atomic E-state index is 0.132. The maximum Gasteiger partial charge on any atom is 0.324 e. The van der Waals surface area contributed by atoms with E-state index in [4.69, 9.17) is 0 Å². The van der Waals surface area contributed by atoms with Crippen molar-refractivity contribution in [2.45, 2.75) is 31.2 Å². The van der Waals surface area contributed by atoms with Crippen molar-refractivity contribution >= 4 is 16.0 Å². The van der Waals surface area contributed by atoms with Crippen molar-refractivity contribution in [2.24, 2.45) is 5.92 Å². The lowest BCUT2D eigenvalue weighted by Crippen LogP contribution is -2.45. The van der Waals surface area contributed by atoms with E-state index in [1.165, 1.54) is 19.2 Å². The molecule has 0 spiro atoms. The second-order valence-corrected chi connectivity index (χ2v) is 6.03. The lowest BCUT2D eigenvalue weighted by atomic mass is 10.0. The largest absolute Gasteiger partial charge is 0.468 e. The normalized spacial score (nSPS) is 14.7. The number of hydrogen-bond acceptors (Lipinski definition) is 4. The monoisotopic (exact) mass is 285 g/mol. The molecule has 0 aliphatic rings. The highest BCUT2D eigenvalue weighted by Crippen LogP contribution is 2.14. The molecule has 0 aromatic heterocycles. The number of carbonyl (C=O) groups is 1. The molecule has 0 saturated carbocycles. The van der Waals surface area contributed by atoms with Gasteiger partial charge in [0.2, 0.25) is 10.0 Å². The molecule has 0 bridgehead atoms. The Kier molecular flexibility index (Phi) is 5.50. The van der Waals surface area contributed by atoms with Gasteiger partial charge in [-0.25, -0.2) is 8.42 Å². The summed E-state index contributed by atoms with van der Waals surface area (Å²) in [7, 11) is -2.48. The number of hydrogen-bond donors (Lipinski definition) is 1. The van der Waals surface area contributed by atoms with Gasteiger partial charge in [-0.2, -0.15) is 4.72 Å². The molecule has 1 aromatic carbocycles. The van der Waals surface area contributed by atoms with Crippen LogP contribution in [0.2, 0.25) is 0 Å². The Morgan fingerprint density at radius 1 is 1.32 bits per heavy atom. The predicted octanol–water partition coefficient (Wildman–Crippen LogP) is 1.55. The van der Waals surface area contributed by atoms with E-state index in [1.807, 2.05) is 6.92 Å². The first-order valence-electron chi connectivity index (χ1n) is 6.07. The molecular weight excluding hydrogens is 266 g/mol. The van der Waals surface area contributed by atoms with E-state index in [1.54, 1.807) is 25.1 Å². The van der Waals surface area contributed by atoms with Gasteiger partial charge in [0.25, 0.3) is 0 Å². The van der Waals surface area contributed by atoms with Gasteiger partial charge in [0.15, 0.2) is 0 Å². The maximum absolute atomic E-state index is 12.2. The van der Waals surface area contributed by atoms with Crippen molar-refractivity contribution in [3.05, 3.63) is 30.3 Å². The van der Waals surface area contributed by atoms with Crippen molar-refractivity contribution in [3.63, 3.8) is 0 Å². The molecule has 0 saturated heterocycles. The van der Waals surface area contributed by atoms with Crippen LogP contribution in [0, 0.1) is 5.92 Å². The molecule has 1 N–H and O–H groups in total. The SMILES string of the molecule is CC[C@H](C)[C@H](NS(=O)(=O)c1ccccc1)C(=O)OC. The minimum atomic E-state index is -3.72. The van der Waals surface area contributed by atoms with E-state index in [9.17, 15) is 13.2 Å². The van der Waals surface area contributed by atoms with Gasteiger partial charge in [0, 0.05) is 0 Å². The first-order valence-corrected chi connectivity index (χ1v) is 7.56. The zero-order valence-electron chi connectivity index (χ0n) is 11.3. The van der Waals surface area contributed by atoms with Gasteiger partial charge in [-0.3, -0.25) is 4.79 Å². The van der Waals surface area contributed by atoms with Crippen LogP contribution in [0.15, 0.2) is 35.2 Å². The van der Waals surface area contributed by atoms with Gasteiger partial charge >= 0.3 is 5.97 Å². The van der Waals surface area contributed by atoms with Crippen LogP contribution in [-0.4, -0.2) is 27.5 Å². The fraction of sp³-hybridized carbons (Fsp3) is 0.462. The van der Waals surface area contributed by atoms with Gasteiger partial charge in [-0.05, 0) is 18.1 Å². The van der Waals surface area contributed by atoms with Crippen LogP contribution in [-0.2, 0) is 19.6 Å². The average molecular weight is 285 g/mol. The number of rotatable bonds is 6. The van der Waals surface area contributed by atoms with Crippen LogP contribution in [0.25, 0.3) is 0 Å². The summed E-state index contributed by atoms with van der Waals surface area (Å²) in [6.07, 6.45) is 0.664. The maximum atomic E-state index is 12.2. The lowest BCUT2D eigenvalue weighted by Gasteiger charge is -2.21. The molecule has 0 radical (unpaired) electrons. The van der Waals surface area contributed by atoms with E-state index in [0.717, 1.165) is 0 Å². The predicted molar refractivity (Wildman–Crippen MR) is 72.0 cm³/mol. The van der Waals surface area contributed by atoms with Crippen molar-refractivity contribution in [1.29, 1.82) is 0 Å². The van der Waals surface area contributed by atoms with Crippen LogP contribution >= 0.6 is 0 Å². The van der Waals surface area contributed by atoms with E-state index >= 15 is 0 Å². The van der Waals surface area contributed by atoms with Crippen molar-refractivity contribution < 1.29 is 17.9 Å². The quantitative estimate of drug-likeness (QED) is 0.805. The number of esters is 1. The second-order valence-electron chi connectivity index (χ2n) is 4.32. The third-order valence-electron chi connectivity index (χ3n) is 3.00. The van der Waals surface area contributed by atoms with Crippen LogP contribution in [0.4, 0.5) is 0 Å². The smallest absolute Gasteiger partial charge is 0.324 e. The Hall–Kier alpha value is -1.40. The van der Waals surface area contributed by atoms with E-state index in [2.05, 4.69) is 9.46 Å². The average Bonchev–Trinajstić information content (AvgIpc) is 2.44. The third kappa shape index (κ3) is 4.04. The molecule has 5 nitrogen and oxygen atoms in total. The fourth-order valence-corrected chi connectivity index (χ4v) is 2.91. The molecule has 0 unspecified atom stereocenters. The zero-order valence-corrected chi connectivity index (χ0v) is 12.1. The molecule has 1 aromatic rings. The van der Waals surface area contributed by atoms with Crippen LogP contribution in [0.5, 0.6) is 0 Å². The number of benzene rings is 1. The minimum Gasteiger partial charge on any atom is -0.468 e. The molecule has 2 atom stereocenters. The summed E-state index contributed by atoms with van der Waals surface area (Å²) < 4.78 is 31.4. The van der Waals surface area contributed by atoms with E-state index in [0.29, 0.717) is 6.42 Å². The first-order chi connectivity index (χ1) is 8.92. The van der Waals surface area contributed by atoms with Crippen LogP contribution < -0.4 is 4.72 Å². The van der Waals surface area contributed by atoms with Gasteiger partial charge < -0.3 is 4.74 Å². The Balaban J connectivity index is 2.99. The summed E-state index contributed by atoms with van der Waals surface area (Å²) in [5.74, 6) is -0.722. The molecule has 0 amide bonds. The Bertz CT molecular complexity index is 513.